The SMILES string of the molecule is COc1cc(Br)cc(C=O)c1OCCN1CCOCC1. The van der Waals surface area contributed by atoms with Crippen LogP contribution in [-0.4, -0.2) is 57.8 Å². The molecule has 1 heterocycles. The minimum absolute atomic E-state index is 0.484. The zero-order chi connectivity index (χ0) is 14.4. The molecule has 0 saturated carbocycles. The average molecular weight is 344 g/mol. The van der Waals surface area contributed by atoms with Crippen molar-refractivity contribution in [3.63, 3.8) is 0 Å². The Morgan fingerprint density at radius 2 is 2.15 bits per heavy atom. The van der Waals surface area contributed by atoms with E-state index >= 15 is 0 Å². The number of ether oxygens (including phenoxy) is 3. The van der Waals surface area contributed by atoms with Gasteiger partial charge in [-0.3, -0.25) is 9.69 Å². The second-order valence-corrected chi connectivity index (χ2v) is 5.36. The molecular formula is C14H18BrNO4. The fraction of sp³-hybridized carbons (Fsp3) is 0.500. The summed E-state index contributed by atoms with van der Waals surface area (Å²) in [4.78, 5) is 13.4. The quantitative estimate of drug-likeness (QED) is 0.739. The largest absolute Gasteiger partial charge is 0.493 e. The summed E-state index contributed by atoms with van der Waals surface area (Å²) in [5.41, 5.74) is 0.484. The van der Waals surface area contributed by atoms with E-state index in [4.69, 9.17) is 14.2 Å². The van der Waals surface area contributed by atoms with Gasteiger partial charge in [-0.25, -0.2) is 0 Å². The molecule has 110 valence electrons. The average Bonchev–Trinajstić information content (AvgIpc) is 2.49. The molecule has 20 heavy (non-hydrogen) atoms. The van der Waals surface area contributed by atoms with Gasteiger partial charge in [0.2, 0.25) is 0 Å². The Morgan fingerprint density at radius 1 is 1.40 bits per heavy atom. The van der Waals surface area contributed by atoms with Gasteiger partial charge in [-0.2, -0.15) is 0 Å². The van der Waals surface area contributed by atoms with Gasteiger partial charge in [-0.15, -0.1) is 0 Å². The Balaban J connectivity index is 1.98. The number of halogens is 1. The number of morpholine rings is 1. The molecule has 1 fully saturated rings. The fourth-order valence-corrected chi connectivity index (χ4v) is 2.54. The maximum Gasteiger partial charge on any atom is 0.171 e. The van der Waals surface area contributed by atoms with E-state index < -0.39 is 0 Å². The summed E-state index contributed by atoms with van der Waals surface area (Å²) < 4.78 is 17.1. The van der Waals surface area contributed by atoms with Gasteiger partial charge in [0.1, 0.15) is 6.61 Å². The van der Waals surface area contributed by atoms with Crippen molar-refractivity contribution in [2.24, 2.45) is 0 Å². The lowest BCUT2D eigenvalue weighted by Crippen LogP contribution is -2.38. The third-order valence-electron chi connectivity index (χ3n) is 3.15. The van der Waals surface area contributed by atoms with Crippen molar-refractivity contribution in [3.05, 3.63) is 22.2 Å². The number of carbonyl (C=O) groups excluding carboxylic acids is 1. The summed E-state index contributed by atoms with van der Waals surface area (Å²) in [5.74, 6) is 1.06. The van der Waals surface area contributed by atoms with Crippen molar-refractivity contribution >= 4 is 22.2 Å². The molecule has 0 N–H and O–H groups in total. The van der Waals surface area contributed by atoms with E-state index in [0.29, 0.717) is 23.7 Å². The molecule has 6 heteroatoms. The third kappa shape index (κ3) is 3.94. The predicted octanol–water partition coefficient (Wildman–Crippen LogP) is 1.98. The van der Waals surface area contributed by atoms with Crippen molar-refractivity contribution < 1.29 is 19.0 Å². The minimum atomic E-state index is 0.484. The van der Waals surface area contributed by atoms with Crippen LogP contribution >= 0.6 is 15.9 Å². The highest BCUT2D eigenvalue weighted by atomic mass is 79.9. The molecule has 0 aliphatic carbocycles. The molecule has 0 unspecified atom stereocenters. The number of nitrogens with zero attached hydrogens (tertiary/aromatic N) is 1. The fourth-order valence-electron chi connectivity index (χ4n) is 2.08. The number of hydrogen-bond donors (Lipinski definition) is 0. The first-order valence-corrected chi connectivity index (χ1v) is 7.29. The van der Waals surface area contributed by atoms with Crippen molar-refractivity contribution in [1.82, 2.24) is 4.90 Å². The molecule has 0 amide bonds. The molecule has 0 radical (unpaired) electrons. The predicted molar refractivity (Wildman–Crippen MR) is 78.8 cm³/mol. The first-order valence-electron chi connectivity index (χ1n) is 6.50. The molecule has 5 nitrogen and oxygen atoms in total. The molecule has 1 aromatic rings. The van der Waals surface area contributed by atoms with E-state index in [-0.39, 0.29) is 0 Å². The smallest absolute Gasteiger partial charge is 0.171 e. The molecular weight excluding hydrogens is 326 g/mol. The van der Waals surface area contributed by atoms with Crippen LogP contribution in [-0.2, 0) is 4.74 Å². The molecule has 1 aliphatic heterocycles. The van der Waals surface area contributed by atoms with Crippen LogP contribution in [0.2, 0.25) is 0 Å². The highest BCUT2D eigenvalue weighted by molar-refractivity contribution is 9.10. The van der Waals surface area contributed by atoms with Gasteiger partial charge in [0.15, 0.2) is 17.8 Å². The second kappa shape index (κ2) is 7.61. The first-order chi connectivity index (χ1) is 9.74. The Kier molecular flexibility index (Phi) is 5.82. The van der Waals surface area contributed by atoms with Crippen LogP contribution in [0.3, 0.4) is 0 Å². The van der Waals surface area contributed by atoms with Crippen molar-refractivity contribution in [1.29, 1.82) is 0 Å². The Labute approximate surface area is 126 Å². The zero-order valence-corrected chi connectivity index (χ0v) is 13.0. The van der Waals surface area contributed by atoms with E-state index in [1.807, 2.05) is 0 Å². The molecule has 0 aromatic heterocycles. The highest BCUT2D eigenvalue weighted by Gasteiger charge is 2.14. The highest BCUT2D eigenvalue weighted by Crippen LogP contribution is 2.33. The summed E-state index contributed by atoms with van der Waals surface area (Å²) >= 11 is 3.34. The van der Waals surface area contributed by atoms with Gasteiger partial charge in [0, 0.05) is 24.1 Å². The number of rotatable bonds is 6. The third-order valence-corrected chi connectivity index (χ3v) is 3.61. The molecule has 1 saturated heterocycles. The van der Waals surface area contributed by atoms with Crippen molar-refractivity contribution in [2.45, 2.75) is 0 Å². The van der Waals surface area contributed by atoms with Gasteiger partial charge in [-0.05, 0) is 12.1 Å². The van der Waals surface area contributed by atoms with E-state index in [0.717, 1.165) is 43.6 Å². The van der Waals surface area contributed by atoms with Crippen LogP contribution in [0.25, 0.3) is 0 Å². The summed E-state index contributed by atoms with van der Waals surface area (Å²) in [6.45, 7) is 4.69. The van der Waals surface area contributed by atoms with Gasteiger partial charge >= 0.3 is 0 Å². The summed E-state index contributed by atoms with van der Waals surface area (Å²) in [5, 5.41) is 0. The van der Waals surface area contributed by atoms with Gasteiger partial charge in [-0.1, -0.05) is 15.9 Å². The van der Waals surface area contributed by atoms with E-state index in [2.05, 4.69) is 20.8 Å². The van der Waals surface area contributed by atoms with Crippen molar-refractivity contribution in [3.8, 4) is 11.5 Å². The Morgan fingerprint density at radius 3 is 2.80 bits per heavy atom. The standard InChI is InChI=1S/C14H18BrNO4/c1-18-13-9-12(15)8-11(10-17)14(13)20-7-4-16-2-5-19-6-3-16/h8-10H,2-7H2,1H3. The van der Waals surface area contributed by atoms with Crippen LogP contribution in [0.1, 0.15) is 10.4 Å². The zero-order valence-electron chi connectivity index (χ0n) is 11.4. The lowest BCUT2D eigenvalue weighted by molar-refractivity contribution is 0.0321. The molecule has 0 atom stereocenters. The minimum Gasteiger partial charge on any atom is -0.493 e. The van der Waals surface area contributed by atoms with Crippen LogP contribution < -0.4 is 9.47 Å². The Hall–Kier alpha value is -1.11. The number of benzene rings is 1. The maximum atomic E-state index is 11.1. The van der Waals surface area contributed by atoms with Crippen LogP contribution in [0.4, 0.5) is 0 Å². The number of methoxy groups -OCH3 is 1. The maximum absolute atomic E-state index is 11.1. The van der Waals surface area contributed by atoms with E-state index in [9.17, 15) is 4.79 Å². The normalized spacial score (nSPS) is 15.9. The Bertz CT molecular complexity index is 461. The molecule has 2 rings (SSSR count). The second-order valence-electron chi connectivity index (χ2n) is 4.45. The molecule has 0 spiro atoms. The van der Waals surface area contributed by atoms with Gasteiger partial charge in [0.25, 0.3) is 0 Å². The van der Waals surface area contributed by atoms with Gasteiger partial charge in [0.05, 0.1) is 25.9 Å². The number of hydrogen-bond acceptors (Lipinski definition) is 5. The van der Waals surface area contributed by atoms with Crippen LogP contribution in [0, 0.1) is 0 Å². The lowest BCUT2D eigenvalue weighted by atomic mass is 10.2. The van der Waals surface area contributed by atoms with E-state index in [1.165, 1.54) is 0 Å². The number of carbonyl (C=O) groups is 1. The van der Waals surface area contributed by atoms with Gasteiger partial charge < -0.3 is 14.2 Å². The monoisotopic (exact) mass is 343 g/mol. The molecule has 1 aliphatic rings. The van der Waals surface area contributed by atoms with Crippen LogP contribution in [0.15, 0.2) is 16.6 Å². The molecule has 1 aromatic carbocycles. The lowest BCUT2D eigenvalue weighted by Gasteiger charge is -2.26. The summed E-state index contributed by atoms with van der Waals surface area (Å²) in [6, 6.07) is 3.51. The van der Waals surface area contributed by atoms with E-state index in [1.54, 1.807) is 19.2 Å². The van der Waals surface area contributed by atoms with Crippen molar-refractivity contribution in [2.75, 3.05) is 46.6 Å². The summed E-state index contributed by atoms with van der Waals surface area (Å²) in [7, 11) is 1.56. The molecule has 0 bridgehead atoms. The topological polar surface area (TPSA) is 48.0 Å². The van der Waals surface area contributed by atoms with Crippen LogP contribution in [0.5, 0.6) is 11.5 Å². The first kappa shape index (κ1) is 15.3. The number of aldehydes is 1. The summed E-state index contributed by atoms with van der Waals surface area (Å²) in [6.07, 6.45) is 0.775.